The molecule has 1 rings (SSSR count). The Bertz CT molecular complexity index is 393. The van der Waals surface area contributed by atoms with Crippen LogP contribution in [0.15, 0.2) is 24.3 Å². The summed E-state index contributed by atoms with van der Waals surface area (Å²) in [5, 5.41) is 2.94. The number of amides is 2. The van der Waals surface area contributed by atoms with E-state index in [2.05, 4.69) is 5.32 Å². The summed E-state index contributed by atoms with van der Waals surface area (Å²) in [7, 11) is 0. The zero-order valence-corrected chi connectivity index (χ0v) is 8.91. The third-order valence-electron chi connectivity index (χ3n) is 1.81. The van der Waals surface area contributed by atoms with Crippen molar-refractivity contribution in [3.05, 3.63) is 34.9 Å². The van der Waals surface area contributed by atoms with Gasteiger partial charge in [0.25, 0.3) is 0 Å². The number of primary amides is 1. The smallest absolute Gasteiger partial charge is 0.244 e. The van der Waals surface area contributed by atoms with Crippen LogP contribution < -0.4 is 11.1 Å². The van der Waals surface area contributed by atoms with E-state index in [1.165, 1.54) is 6.92 Å². The molecule has 4 nitrogen and oxygen atoms in total. The first kappa shape index (κ1) is 11.5. The summed E-state index contributed by atoms with van der Waals surface area (Å²) in [5.41, 5.74) is 5.74. The van der Waals surface area contributed by atoms with E-state index < -0.39 is 11.9 Å². The van der Waals surface area contributed by atoms with Crippen molar-refractivity contribution in [2.24, 2.45) is 5.73 Å². The average Bonchev–Trinajstić information content (AvgIpc) is 2.13. The first-order valence-corrected chi connectivity index (χ1v) is 4.70. The number of benzene rings is 1. The number of rotatable bonds is 3. The Morgan fingerprint density at radius 3 is 2.60 bits per heavy atom. The summed E-state index contributed by atoms with van der Waals surface area (Å²) in [5.74, 6) is -0.939. The molecule has 5 heteroatoms. The monoisotopic (exact) mass is 226 g/mol. The highest BCUT2D eigenvalue weighted by atomic mass is 35.5. The van der Waals surface area contributed by atoms with Gasteiger partial charge in [-0.15, -0.1) is 0 Å². The predicted molar refractivity (Wildman–Crippen MR) is 57.2 cm³/mol. The van der Waals surface area contributed by atoms with E-state index in [1.54, 1.807) is 24.3 Å². The average molecular weight is 227 g/mol. The molecule has 0 aromatic heterocycles. The highest BCUT2D eigenvalue weighted by molar-refractivity contribution is 6.30. The summed E-state index contributed by atoms with van der Waals surface area (Å²) < 4.78 is 0. The van der Waals surface area contributed by atoms with E-state index in [-0.39, 0.29) is 5.91 Å². The molecule has 0 fully saturated rings. The third-order valence-corrected chi connectivity index (χ3v) is 2.05. The lowest BCUT2D eigenvalue weighted by molar-refractivity contribution is -0.126. The molecule has 0 saturated heterocycles. The fourth-order valence-electron chi connectivity index (χ4n) is 1.21. The molecule has 1 atom stereocenters. The second-order valence-corrected chi connectivity index (χ2v) is 3.53. The van der Waals surface area contributed by atoms with Crippen molar-refractivity contribution in [3.63, 3.8) is 0 Å². The Morgan fingerprint density at radius 2 is 2.13 bits per heavy atom. The third kappa shape index (κ3) is 3.25. The minimum absolute atomic E-state index is 0.321. The van der Waals surface area contributed by atoms with Gasteiger partial charge in [0.1, 0.15) is 6.04 Å². The maximum atomic E-state index is 11.1. The molecule has 1 aromatic carbocycles. The van der Waals surface area contributed by atoms with Crippen LogP contribution in [0.2, 0.25) is 5.02 Å². The fourth-order valence-corrected chi connectivity index (χ4v) is 1.41. The van der Waals surface area contributed by atoms with Crippen molar-refractivity contribution in [1.29, 1.82) is 0 Å². The van der Waals surface area contributed by atoms with Crippen LogP contribution in [0.4, 0.5) is 0 Å². The van der Waals surface area contributed by atoms with E-state index >= 15 is 0 Å². The normalized spacial score (nSPS) is 11.9. The number of hydrogen-bond acceptors (Lipinski definition) is 2. The molecule has 0 heterocycles. The maximum absolute atomic E-state index is 11.1. The van der Waals surface area contributed by atoms with Gasteiger partial charge >= 0.3 is 0 Å². The summed E-state index contributed by atoms with van der Waals surface area (Å²) in [6.45, 7) is 1.32. The van der Waals surface area contributed by atoms with Crippen LogP contribution in [0.3, 0.4) is 0 Å². The number of hydrogen-bond donors (Lipinski definition) is 2. The minimum Gasteiger partial charge on any atom is -0.368 e. The Labute approximate surface area is 92.4 Å². The molecule has 2 amide bonds. The van der Waals surface area contributed by atoms with Gasteiger partial charge in [0.05, 0.1) is 0 Å². The molecule has 1 unspecified atom stereocenters. The summed E-state index contributed by atoms with van der Waals surface area (Å²) in [6.07, 6.45) is 0. The number of nitrogens with one attached hydrogen (secondary N) is 1. The molecule has 80 valence electrons. The minimum atomic E-state index is -0.832. The van der Waals surface area contributed by atoms with Gasteiger partial charge in [0.15, 0.2) is 0 Å². The molecule has 0 bridgehead atoms. The van der Waals surface area contributed by atoms with Crippen molar-refractivity contribution < 1.29 is 9.59 Å². The Kier molecular flexibility index (Phi) is 3.68. The standard InChI is InChI=1S/C10H11ClN2O2/c1-6(14)13-9(10(12)15)7-3-2-4-8(11)5-7/h2-5,9H,1H3,(H2,12,15)(H,13,14). The van der Waals surface area contributed by atoms with Gasteiger partial charge in [-0.25, -0.2) is 0 Å². The Balaban J connectivity index is 2.98. The van der Waals surface area contributed by atoms with Crippen LogP contribution >= 0.6 is 11.6 Å². The summed E-state index contributed by atoms with van der Waals surface area (Å²) in [4.78, 5) is 22.0. The zero-order valence-electron chi connectivity index (χ0n) is 8.16. The van der Waals surface area contributed by atoms with Crippen molar-refractivity contribution in [2.75, 3.05) is 0 Å². The first-order valence-electron chi connectivity index (χ1n) is 4.32. The van der Waals surface area contributed by atoms with E-state index in [0.29, 0.717) is 10.6 Å². The Hall–Kier alpha value is -1.55. The lowest BCUT2D eigenvalue weighted by Crippen LogP contribution is -2.36. The van der Waals surface area contributed by atoms with Crippen LogP contribution in [0.5, 0.6) is 0 Å². The Morgan fingerprint density at radius 1 is 1.47 bits per heavy atom. The zero-order chi connectivity index (χ0) is 11.4. The highest BCUT2D eigenvalue weighted by Gasteiger charge is 2.18. The van der Waals surface area contributed by atoms with Crippen LogP contribution in [-0.4, -0.2) is 11.8 Å². The molecule has 0 aliphatic carbocycles. The molecule has 0 radical (unpaired) electrons. The van der Waals surface area contributed by atoms with Crippen molar-refractivity contribution in [1.82, 2.24) is 5.32 Å². The topological polar surface area (TPSA) is 72.2 Å². The lowest BCUT2D eigenvalue weighted by atomic mass is 10.1. The van der Waals surface area contributed by atoms with Gasteiger partial charge in [-0.2, -0.15) is 0 Å². The highest BCUT2D eigenvalue weighted by Crippen LogP contribution is 2.17. The van der Waals surface area contributed by atoms with Gasteiger partial charge in [0, 0.05) is 11.9 Å². The molecule has 0 aliphatic rings. The van der Waals surface area contributed by atoms with Gasteiger partial charge in [0.2, 0.25) is 11.8 Å². The van der Waals surface area contributed by atoms with Crippen LogP contribution in [0, 0.1) is 0 Å². The van der Waals surface area contributed by atoms with E-state index in [9.17, 15) is 9.59 Å². The van der Waals surface area contributed by atoms with Gasteiger partial charge < -0.3 is 11.1 Å². The molecule has 0 aliphatic heterocycles. The van der Waals surface area contributed by atoms with Crippen LogP contribution in [-0.2, 0) is 9.59 Å². The molecule has 0 spiro atoms. The van der Waals surface area contributed by atoms with Crippen LogP contribution in [0.25, 0.3) is 0 Å². The van der Waals surface area contributed by atoms with E-state index in [1.807, 2.05) is 0 Å². The van der Waals surface area contributed by atoms with Gasteiger partial charge in [-0.1, -0.05) is 23.7 Å². The maximum Gasteiger partial charge on any atom is 0.244 e. The number of carbonyl (C=O) groups excluding carboxylic acids is 2. The van der Waals surface area contributed by atoms with Gasteiger partial charge in [-0.05, 0) is 17.7 Å². The molecular weight excluding hydrogens is 216 g/mol. The molecule has 0 saturated carbocycles. The molecular formula is C10H11ClN2O2. The van der Waals surface area contributed by atoms with Crippen molar-refractivity contribution in [2.45, 2.75) is 13.0 Å². The number of carbonyl (C=O) groups is 2. The second-order valence-electron chi connectivity index (χ2n) is 3.09. The van der Waals surface area contributed by atoms with Crippen molar-refractivity contribution >= 4 is 23.4 Å². The van der Waals surface area contributed by atoms with Crippen LogP contribution in [0.1, 0.15) is 18.5 Å². The molecule has 1 aromatic rings. The predicted octanol–water partition coefficient (Wildman–Crippen LogP) is 1.00. The van der Waals surface area contributed by atoms with E-state index in [0.717, 1.165) is 0 Å². The first-order chi connectivity index (χ1) is 7.00. The van der Waals surface area contributed by atoms with E-state index in [4.69, 9.17) is 17.3 Å². The van der Waals surface area contributed by atoms with Crippen molar-refractivity contribution in [3.8, 4) is 0 Å². The second kappa shape index (κ2) is 4.79. The SMILES string of the molecule is CC(=O)NC(C(N)=O)c1cccc(Cl)c1. The number of nitrogens with two attached hydrogens (primary N) is 1. The largest absolute Gasteiger partial charge is 0.368 e. The number of halogens is 1. The summed E-state index contributed by atoms with van der Waals surface area (Å²) in [6, 6.07) is 5.80. The molecule has 15 heavy (non-hydrogen) atoms. The summed E-state index contributed by atoms with van der Waals surface area (Å²) >= 11 is 5.77. The lowest BCUT2D eigenvalue weighted by Gasteiger charge is -2.14. The quantitative estimate of drug-likeness (QED) is 0.807. The fraction of sp³-hybridized carbons (Fsp3) is 0.200. The molecule has 3 N–H and O–H groups in total. The van der Waals surface area contributed by atoms with Gasteiger partial charge in [-0.3, -0.25) is 9.59 Å².